The van der Waals surface area contributed by atoms with Crippen LogP contribution in [0.2, 0.25) is 0 Å². The Morgan fingerprint density at radius 2 is 1.55 bits per heavy atom. The summed E-state index contributed by atoms with van der Waals surface area (Å²) in [5.74, 6) is -4.69. The van der Waals surface area contributed by atoms with Crippen LogP contribution in [0.5, 0.6) is 0 Å². The van der Waals surface area contributed by atoms with Crippen molar-refractivity contribution in [2.24, 2.45) is 0 Å². The largest absolute Gasteiger partial charge is 0.336 e. The fraction of sp³-hybridized carbons (Fsp3) is 0.136. The van der Waals surface area contributed by atoms with Gasteiger partial charge < -0.3 is 9.47 Å². The summed E-state index contributed by atoms with van der Waals surface area (Å²) in [4.78, 5) is 14.5. The average Bonchev–Trinajstić information content (AvgIpc) is 3.36. The Balaban J connectivity index is 1.69. The van der Waals surface area contributed by atoms with Crippen molar-refractivity contribution in [1.82, 2.24) is 0 Å². The van der Waals surface area contributed by atoms with E-state index < -0.39 is 33.2 Å². The predicted molar refractivity (Wildman–Crippen MR) is 105 cm³/mol. The first-order valence-corrected chi connectivity index (χ1v) is 10.9. The number of rotatable bonds is 3. The molecule has 3 aromatic rings. The summed E-state index contributed by atoms with van der Waals surface area (Å²) in [7, 11) is -3.87. The highest BCUT2D eigenvalue weighted by Gasteiger charge is 2.57. The molecule has 0 radical (unpaired) electrons. The third-order valence-electron chi connectivity index (χ3n) is 5.27. The van der Waals surface area contributed by atoms with Crippen LogP contribution in [0.3, 0.4) is 0 Å². The van der Waals surface area contributed by atoms with E-state index in [1.165, 1.54) is 36.4 Å². The molecule has 3 aromatic carbocycles. The van der Waals surface area contributed by atoms with E-state index >= 15 is 0 Å². The van der Waals surface area contributed by atoms with Crippen molar-refractivity contribution in [3.8, 4) is 0 Å². The van der Waals surface area contributed by atoms with E-state index in [1.54, 1.807) is 18.2 Å². The van der Waals surface area contributed by atoms with Crippen LogP contribution in [0.15, 0.2) is 76.5 Å². The zero-order valence-electron chi connectivity index (χ0n) is 15.9. The van der Waals surface area contributed by atoms with Gasteiger partial charge in [-0.05, 0) is 42.5 Å². The van der Waals surface area contributed by atoms with Crippen LogP contribution in [0.25, 0.3) is 0 Å². The van der Waals surface area contributed by atoms with Gasteiger partial charge >= 0.3 is 0 Å². The molecule has 0 unspecified atom stereocenters. The van der Waals surface area contributed by atoms with Gasteiger partial charge in [-0.25, -0.2) is 17.2 Å². The zero-order valence-corrected chi connectivity index (χ0v) is 16.7. The maximum Gasteiger partial charge on any atom is 0.297 e. The van der Waals surface area contributed by atoms with Crippen molar-refractivity contribution >= 4 is 27.1 Å². The van der Waals surface area contributed by atoms with Crippen LogP contribution >= 0.6 is 0 Å². The highest BCUT2D eigenvalue weighted by Crippen LogP contribution is 2.49. The number of carbonyl (C=O) groups excluding carboxylic acids is 1. The molecule has 158 valence electrons. The Labute approximate surface area is 176 Å². The molecule has 1 fully saturated rings. The number of amides is 1. The van der Waals surface area contributed by atoms with E-state index in [-0.39, 0.29) is 39.9 Å². The number of hydrogen-bond donors (Lipinski definition) is 0. The first-order valence-electron chi connectivity index (χ1n) is 9.37. The van der Waals surface area contributed by atoms with Gasteiger partial charge in [0.05, 0.1) is 34.4 Å². The van der Waals surface area contributed by atoms with Crippen LogP contribution < -0.4 is 4.90 Å². The summed E-state index contributed by atoms with van der Waals surface area (Å²) < 4.78 is 64.7. The third kappa shape index (κ3) is 2.88. The highest BCUT2D eigenvalue weighted by molar-refractivity contribution is 7.91. The normalized spacial score (nSPS) is 17.4. The van der Waals surface area contributed by atoms with E-state index in [0.717, 1.165) is 17.0 Å². The van der Waals surface area contributed by atoms with Crippen LogP contribution in [0.4, 0.5) is 20.2 Å². The van der Waals surface area contributed by atoms with Crippen LogP contribution in [-0.4, -0.2) is 27.5 Å². The second kappa shape index (κ2) is 6.94. The maximum absolute atomic E-state index is 13.9. The van der Waals surface area contributed by atoms with Gasteiger partial charge in [0.15, 0.2) is 11.6 Å². The number of sulfone groups is 1. The number of carbonyl (C=O) groups is 1. The number of benzene rings is 3. The molecule has 5 rings (SSSR count). The van der Waals surface area contributed by atoms with Gasteiger partial charge in [-0.15, -0.1) is 0 Å². The van der Waals surface area contributed by atoms with Crippen molar-refractivity contribution in [2.45, 2.75) is 15.6 Å². The Bertz CT molecular complexity index is 1300. The van der Waals surface area contributed by atoms with Gasteiger partial charge in [-0.3, -0.25) is 9.69 Å². The summed E-state index contributed by atoms with van der Waals surface area (Å²) in [6.07, 6.45) is 0. The average molecular weight is 443 g/mol. The molecule has 2 heterocycles. The summed E-state index contributed by atoms with van der Waals surface area (Å²) in [5.41, 5.74) is 0.529. The quantitative estimate of drug-likeness (QED) is 0.618. The van der Waals surface area contributed by atoms with Crippen molar-refractivity contribution < 1.29 is 31.5 Å². The fourth-order valence-corrected chi connectivity index (χ4v) is 5.13. The van der Waals surface area contributed by atoms with Gasteiger partial charge in [0.25, 0.3) is 11.7 Å². The van der Waals surface area contributed by atoms with Gasteiger partial charge in [0, 0.05) is 11.6 Å². The van der Waals surface area contributed by atoms with E-state index in [0.29, 0.717) is 0 Å². The van der Waals surface area contributed by atoms with Gasteiger partial charge in [0.2, 0.25) is 9.84 Å². The molecule has 2 aliphatic heterocycles. The second-order valence-electron chi connectivity index (χ2n) is 7.05. The number of ether oxygens (including phenoxy) is 2. The van der Waals surface area contributed by atoms with Crippen molar-refractivity contribution in [3.05, 3.63) is 83.9 Å². The predicted octanol–water partition coefficient (Wildman–Crippen LogP) is 3.68. The third-order valence-corrected chi connectivity index (χ3v) is 7.03. The molecule has 0 atom stereocenters. The lowest BCUT2D eigenvalue weighted by Gasteiger charge is -2.22. The van der Waals surface area contributed by atoms with Gasteiger partial charge in [0.1, 0.15) is 0 Å². The first-order chi connectivity index (χ1) is 14.8. The van der Waals surface area contributed by atoms with Gasteiger partial charge in [-0.2, -0.15) is 0 Å². The monoisotopic (exact) mass is 443 g/mol. The lowest BCUT2D eigenvalue weighted by molar-refractivity contribution is -0.180. The molecule has 9 heteroatoms. The molecular formula is C22H15F2NO5S. The van der Waals surface area contributed by atoms with Crippen LogP contribution in [0.1, 0.15) is 5.56 Å². The lowest BCUT2D eigenvalue weighted by Crippen LogP contribution is -2.39. The standard InChI is InChI=1S/C22H15F2NO5S/c23-18-8-6-14(12-19(18)24)25-20-9-7-16(31(27,28)15-4-2-1-3-5-15)13-17(20)22(21(25)26)29-10-11-30-22/h1-9,12-13H,10-11H2. The first kappa shape index (κ1) is 19.8. The minimum Gasteiger partial charge on any atom is -0.336 e. The molecule has 0 aliphatic carbocycles. The second-order valence-corrected chi connectivity index (χ2v) is 9.00. The smallest absolute Gasteiger partial charge is 0.297 e. The molecular weight excluding hydrogens is 428 g/mol. The molecule has 1 amide bonds. The summed E-state index contributed by atoms with van der Waals surface area (Å²) in [6, 6.07) is 15.0. The Kier molecular flexibility index (Phi) is 4.44. The molecule has 1 spiro atoms. The number of halogens is 2. The van der Waals surface area contributed by atoms with Crippen molar-refractivity contribution in [2.75, 3.05) is 18.1 Å². The molecule has 31 heavy (non-hydrogen) atoms. The molecule has 0 saturated carbocycles. The minimum atomic E-state index is -3.87. The molecule has 0 aromatic heterocycles. The van der Waals surface area contributed by atoms with Crippen LogP contribution in [-0.2, 0) is 29.9 Å². The van der Waals surface area contributed by atoms with E-state index in [4.69, 9.17) is 9.47 Å². The van der Waals surface area contributed by atoms with E-state index in [1.807, 2.05) is 0 Å². The van der Waals surface area contributed by atoms with E-state index in [9.17, 15) is 22.0 Å². The molecule has 6 nitrogen and oxygen atoms in total. The molecule has 2 aliphatic rings. The highest BCUT2D eigenvalue weighted by atomic mass is 32.2. The number of nitrogens with zero attached hydrogens (tertiary/aromatic N) is 1. The number of fused-ring (bicyclic) bond motifs is 2. The van der Waals surface area contributed by atoms with E-state index in [2.05, 4.69) is 0 Å². The summed E-state index contributed by atoms with van der Waals surface area (Å²) in [6.45, 7) is 0.235. The SMILES string of the molecule is O=C1N(c2ccc(F)c(F)c2)c2ccc(S(=O)(=O)c3ccccc3)cc2C12OCCO2. The Hall–Kier alpha value is -3.14. The number of hydrogen-bond acceptors (Lipinski definition) is 5. The minimum absolute atomic E-state index is 0.0455. The lowest BCUT2D eigenvalue weighted by atomic mass is 10.1. The summed E-state index contributed by atoms with van der Waals surface area (Å²) in [5, 5.41) is 0. The molecule has 0 bridgehead atoms. The molecule has 1 saturated heterocycles. The Morgan fingerprint density at radius 3 is 2.23 bits per heavy atom. The van der Waals surface area contributed by atoms with Crippen molar-refractivity contribution in [3.63, 3.8) is 0 Å². The topological polar surface area (TPSA) is 72.9 Å². The summed E-state index contributed by atoms with van der Waals surface area (Å²) >= 11 is 0. The van der Waals surface area contributed by atoms with Crippen molar-refractivity contribution in [1.29, 1.82) is 0 Å². The maximum atomic E-state index is 13.9. The van der Waals surface area contributed by atoms with Crippen LogP contribution in [0, 0.1) is 11.6 Å². The zero-order chi connectivity index (χ0) is 21.8. The number of anilines is 2. The fourth-order valence-electron chi connectivity index (χ4n) is 3.82. The van der Waals surface area contributed by atoms with Gasteiger partial charge in [-0.1, -0.05) is 18.2 Å². The Morgan fingerprint density at radius 1 is 0.839 bits per heavy atom. The molecule has 0 N–H and O–H groups in total.